The fourth-order valence-corrected chi connectivity index (χ4v) is 2.82. The van der Waals surface area contributed by atoms with Crippen LogP contribution in [0.4, 0.5) is 5.69 Å². The van der Waals surface area contributed by atoms with Gasteiger partial charge in [0, 0.05) is 17.5 Å². The van der Waals surface area contributed by atoms with Crippen LogP contribution in [-0.4, -0.2) is 0 Å². The number of aryl methyl sites for hydroxylation is 1. The molecule has 0 saturated carbocycles. The molecular formula is C17H15NO. The highest BCUT2D eigenvalue weighted by molar-refractivity contribution is 5.79. The molecule has 1 aliphatic rings. The van der Waals surface area contributed by atoms with Gasteiger partial charge in [0.25, 0.3) is 0 Å². The average Bonchev–Trinajstić information content (AvgIpc) is 3.00. The molecule has 1 atom stereocenters. The molecule has 0 spiro atoms. The molecule has 0 aliphatic carbocycles. The molecule has 0 bridgehead atoms. The highest BCUT2D eigenvalue weighted by Gasteiger charge is 2.24. The molecule has 0 radical (unpaired) electrons. The van der Waals surface area contributed by atoms with Gasteiger partial charge in [-0.05, 0) is 36.8 Å². The van der Waals surface area contributed by atoms with Crippen LogP contribution in [0.3, 0.4) is 0 Å². The van der Waals surface area contributed by atoms with Crippen molar-refractivity contribution in [3.63, 3.8) is 0 Å². The summed E-state index contributed by atoms with van der Waals surface area (Å²) in [5, 5.41) is 4.72. The van der Waals surface area contributed by atoms with E-state index in [4.69, 9.17) is 4.42 Å². The van der Waals surface area contributed by atoms with Crippen molar-refractivity contribution < 1.29 is 4.42 Å². The third-order valence-corrected chi connectivity index (χ3v) is 3.81. The Morgan fingerprint density at radius 1 is 1.11 bits per heavy atom. The molecule has 2 nitrogen and oxygen atoms in total. The highest BCUT2D eigenvalue weighted by atomic mass is 16.3. The summed E-state index contributed by atoms with van der Waals surface area (Å²) in [5.41, 5.74) is 4.83. The fourth-order valence-electron chi connectivity index (χ4n) is 2.82. The van der Waals surface area contributed by atoms with E-state index in [0.717, 1.165) is 17.8 Å². The largest absolute Gasteiger partial charge is 0.459 e. The maximum atomic E-state index is 5.98. The van der Waals surface area contributed by atoms with Gasteiger partial charge in [-0.1, -0.05) is 29.8 Å². The summed E-state index contributed by atoms with van der Waals surface area (Å²) in [6.45, 7) is 2.11. The maximum absolute atomic E-state index is 5.98. The number of benzene rings is 2. The Bertz CT molecular complexity index is 732. The van der Waals surface area contributed by atoms with Gasteiger partial charge in [-0.2, -0.15) is 0 Å². The minimum Gasteiger partial charge on any atom is -0.459 e. The standard InChI is InChI=1S/C17H15NO/c1-11-6-7-16-13(8-11)10-17(19-16)15-9-12-4-2-3-5-14(12)18-15/h2-8,10,15,18H,9H2,1H3. The molecule has 0 amide bonds. The average molecular weight is 249 g/mol. The van der Waals surface area contributed by atoms with Crippen LogP contribution in [0.15, 0.2) is 52.9 Å². The van der Waals surface area contributed by atoms with Gasteiger partial charge in [0.1, 0.15) is 11.3 Å². The first kappa shape index (κ1) is 10.7. The molecule has 1 unspecified atom stereocenters. The van der Waals surface area contributed by atoms with E-state index >= 15 is 0 Å². The first-order valence-electron chi connectivity index (χ1n) is 6.64. The molecule has 4 rings (SSSR count). The van der Waals surface area contributed by atoms with Crippen LogP contribution in [0.5, 0.6) is 0 Å². The van der Waals surface area contributed by atoms with Crippen LogP contribution >= 0.6 is 0 Å². The van der Waals surface area contributed by atoms with Crippen molar-refractivity contribution in [2.24, 2.45) is 0 Å². The van der Waals surface area contributed by atoms with Gasteiger partial charge < -0.3 is 9.73 Å². The van der Waals surface area contributed by atoms with Crippen LogP contribution in [-0.2, 0) is 6.42 Å². The minimum absolute atomic E-state index is 0.255. The third-order valence-electron chi connectivity index (χ3n) is 3.81. The summed E-state index contributed by atoms with van der Waals surface area (Å²) in [6.07, 6.45) is 0.995. The summed E-state index contributed by atoms with van der Waals surface area (Å²) in [5.74, 6) is 1.02. The molecule has 2 heterocycles. The van der Waals surface area contributed by atoms with Crippen molar-refractivity contribution in [3.8, 4) is 0 Å². The molecule has 94 valence electrons. The zero-order valence-corrected chi connectivity index (χ0v) is 10.8. The zero-order chi connectivity index (χ0) is 12.8. The molecular weight excluding hydrogens is 234 g/mol. The fraction of sp³-hybridized carbons (Fsp3) is 0.176. The van der Waals surface area contributed by atoms with Crippen molar-refractivity contribution in [2.45, 2.75) is 19.4 Å². The van der Waals surface area contributed by atoms with E-state index in [-0.39, 0.29) is 6.04 Å². The monoisotopic (exact) mass is 249 g/mol. The van der Waals surface area contributed by atoms with Crippen molar-refractivity contribution in [3.05, 3.63) is 65.4 Å². The quantitative estimate of drug-likeness (QED) is 0.689. The summed E-state index contributed by atoms with van der Waals surface area (Å²) in [7, 11) is 0. The van der Waals surface area contributed by atoms with E-state index in [2.05, 4.69) is 60.8 Å². The van der Waals surface area contributed by atoms with Gasteiger partial charge in [-0.25, -0.2) is 0 Å². The minimum atomic E-state index is 0.255. The number of hydrogen-bond acceptors (Lipinski definition) is 2. The second-order valence-corrected chi connectivity index (χ2v) is 5.25. The topological polar surface area (TPSA) is 25.2 Å². The predicted octanol–water partition coefficient (Wildman–Crippen LogP) is 4.45. The number of fused-ring (bicyclic) bond motifs is 2. The maximum Gasteiger partial charge on any atom is 0.134 e. The highest BCUT2D eigenvalue weighted by Crippen LogP contribution is 2.36. The second kappa shape index (κ2) is 3.89. The molecule has 1 N–H and O–H groups in total. The number of para-hydroxylation sites is 1. The lowest BCUT2D eigenvalue weighted by Gasteiger charge is -2.06. The van der Waals surface area contributed by atoms with E-state index in [1.165, 1.54) is 22.2 Å². The molecule has 19 heavy (non-hydrogen) atoms. The van der Waals surface area contributed by atoms with Crippen LogP contribution in [0.2, 0.25) is 0 Å². The number of furan rings is 1. The Kier molecular flexibility index (Phi) is 2.18. The third kappa shape index (κ3) is 1.72. The summed E-state index contributed by atoms with van der Waals surface area (Å²) in [6, 6.07) is 17.2. The Balaban J connectivity index is 1.73. The summed E-state index contributed by atoms with van der Waals surface area (Å²) in [4.78, 5) is 0. The van der Waals surface area contributed by atoms with Gasteiger partial charge in [0.05, 0.1) is 6.04 Å². The summed E-state index contributed by atoms with van der Waals surface area (Å²) < 4.78 is 5.98. The van der Waals surface area contributed by atoms with Crippen LogP contribution in [0, 0.1) is 6.92 Å². The van der Waals surface area contributed by atoms with Gasteiger partial charge in [-0.3, -0.25) is 0 Å². The molecule has 1 aliphatic heterocycles. The smallest absolute Gasteiger partial charge is 0.134 e. The van der Waals surface area contributed by atoms with Gasteiger partial charge in [-0.15, -0.1) is 0 Å². The molecule has 2 aromatic carbocycles. The number of hydrogen-bond donors (Lipinski definition) is 1. The lowest BCUT2D eigenvalue weighted by Crippen LogP contribution is -2.03. The SMILES string of the molecule is Cc1ccc2oc(C3Cc4ccccc4N3)cc2c1. The lowest BCUT2D eigenvalue weighted by atomic mass is 10.1. The lowest BCUT2D eigenvalue weighted by molar-refractivity contribution is 0.517. The van der Waals surface area contributed by atoms with Crippen molar-refractivity contribution in [1.82, 2.24) is 0 Å². The van der Waals surface area contributed by atoms with Crippen molar-refractivity contribution >= 4 is 16.7 Å². The van der Waals surface area contributed by atoms with E-state index in [9.17, 15) is 0 Å². The number of anilines is 1. The Labute approximate surface area is 112 Å². The number of nitrogens with one attached hydrogen (secondary N) is 1. The molecule has 2 heteroatoms. The van der Waals surface area contributed by atoms with E-state index in [1.807, 2.05) is 0 Å². The van der Waals surface area contributed by atoms with Crippen LogP contribution < -0.4 is 5.32 Å². The van der Waals surface area contributed by atoms with Gasteiger partial charge in [0.2, 0.25) is 0 Å². The molecule has 1 aromatic heterocycles. The van der Waals surface area contributed by atoms with Crippen molar-refractivity contribution in [2.75, 3.05) is 5.32 Å². The predicted molar refractivity (Wildman–Crippen MR) is 77.5 cm³/mol. The van der Waals surface area contributed by atoms with Gasteiger partial charge >= 0.3 is 0 Å². The normalized spacial score (nSPS) is 17.4. The van der Waals surface area contributed by atoms with E-state index in [0.29, 0.717) is 0 Å². The zero-order valence-electron chi connectivity index (χ0n) is 10.8. The number of rotatable bonds is 1. The molecule has 0 saturated heterocycles. The van der Waals surface area contributed by atoms with Crippen molar-refractivity contribution in [1.29, 1.82) is 0 Å². The Hall–Kier alpha value is -2.22. The van der Waals surface area contributed by atoms with E-state index < -0.39 is 0 Å². The van der Waals surface area contributed by atoms with Crippen LogP contribution in [0.1, 0.15) is 22.9 Å². The summed E-state index contributed by atoms with van der Waals surface area (Å²) >= 11 is 0. The van der Waals surface area contributed by atoms with E-state index in [1.54, 1.807) is 0 Å². The molecule has 0 fully saturated rings. The Morgan fingerprint density at radius 3 is 2.89 bits per heavy atom. The van der Waals surface area contributed by atoms with Gasteiger partial charge in [0.15, 0.2) is 0 Å². The first-order chi connectivity index (χ1) is 9.29. The first-order valence-corrected chi connectivity index (χ1v) is 6.64. The Morgan fingerprint density at radius 2 is 2.00 bits per heavy atom. The molecule has 3 aromatic rings. The van der Waals surface area contributed by atoms with Crippen LogP contribution in [0.25, 0.3) is 11.0 Å². The second-order valence-electron chi connectivity index (χ2n) is 5.25.